The van der Waals surface area contributed by atoms with Gasteiger partial charge >= 0.3 is 12.1 Å². The molecule has 3 fully saturated rings. The summed E-state index contributed by atoms with van der Waals surface area (Å²) >= 11 is 0. The van der Waals surface area contributed by atoms with E-state index in [1.165, 1.54) is 18.9 Å². The van der Waals surface area contributed by atoms with Gasteiger partial charge in [-0.15, -0.1) is 5.10 Å². The fourth-order valence-electron chi connectivity index (χ4n) is 9.51. The number of Topliss-reactive ketones (excluding diaryl/α,β-unsaturated/α-hetero) is 2. The van der Waals surface area contributed by atoms with Gasteiger partial charge in [0.2, 0.25) is 0 Å². The van der Waals surface area contributed by atoms with Crippen LogP contribution in [0.1, 0.15) is 87.5 Å². The van der Waals surface area contributed by atoms with Gasteiger partial charge in [0.05, 0.1) is 30.0 Å². The molecule has 3 N–H and O–H groups in total. The first-order valence-electron chi connectivity index (χ1n) is 21.0. The number of alkyl halides is 1. The van der Waals surface area contributed by atoms with Crippen molar-refractivity contribution in [3.05, 3.63) is 30.5 Å². The van der Waals surface area contributed by atoms with E-state index < -0.39 is 83.1 Å². The Labute approximate surface area is 352 Å². The number of esters is 1. The molecule has 16 nitrogen and oxygen atoms in total. The summed E-state index contributed by atoms with van der Waals surface area (Å²) in [6.45, 7) is 13.1. The normalized spacial score (nSPS) is 37.1. The zero-order valence-electron chi connectivity index (χ0n) is 36.9. The van der Waals surface area contributed by atoms with Crippen LogP contribution in [-0.2, 0) is 44.6 Å². The van der Waals surface area contributed by atoms with Gasteiger partial charge < -0.3 is 44.3 Å². The topological polar surface area (TPSA) is 198 Å². The molecule has 13 atom stereocenters. The van der Waals surface area contributed by atoms with Gasteiger partial charge in [-0.05, 0) is 86.0 Å². The maximum absolute atomic E-state index is 16.9. The molecule has 60 heavy (non-hydrogen) atoms. The number of aliphatic hydroxyl groups excluding tert-OH is 1. The van der Waals surface area contributed by atoms with E-state index in [1.54, 1.807) is 45.4 Å². The highest BCUT2D eigenvalue weighted by molar-refractivity contribution is 6.08. The van der Waals surface area contributed by atoms with Gasteiger partial charge in [-0.1, -0.05) is 45.0 Å². The minimum absolute atomic E-state index is 0.0111. The van der Waals surface area contributed by atoms with Gasteiger partial charge in [-0.3, -0.25) is 14.3 Å². The van der Waals surface area contributed by atoms with E-state index in [9.17, 15) is 24.3 Å². The van der Waals surface area contributed by atoms with E-state index in [4.69, 9.17) is 29.4 Å². The Balaban J connectivity index is 1.45. The molecular formula is C43H65FN6O10. The number of nitrogen functional groups attached to an aromatic ring is 1. The van der Waals surface area contributed by atoms with Gasteiger partial charge in [-0.25, -0.2) is 14.0 Å². The highest BCUT2D eigenvalue weighted by Crippen LogP contribution is 2.44. The molecule has 2 unspecified atom stereocenters. The van der Waals surface area contributed by atoms with Crippen LogP contribution in [0.15, 0.2) is 30.5 Å². The summed E-state index contributed by atoms with van der Waals surface area (Å²) in [4.78, 5) is 60.1. The average molecular weight is 845 g/mol. The fraction of sp³-hybridized carbons (Fsp3) is 0.721. The lowest BCUT2D eigenvalue weighted by molar-refractivity contribution is -0.295. The number of benzene rings is 1. The average Bonchev–Trinajstić information content (AvgIpc) is 3.78. The molecule has 3 saturated heterocycles. The summed E-state index contributed by atoms with van der Waals surface area (Å²) in [5, 5.41) is 19.9. The summed E-state index contributed by atoms with van der Waals surface area (Å²) < 4.78 is 49.2. The van der Waals surface area contributed by atoms with Crippen molar-refractivity contribution in [2.75, 3.05) is 33.5 Å². The van der Waals surface area contributed by atoms with Gasteiger partial charge in [0.1, 0.15) is 23.7 Å². The van der Waals surface area contributed by atoms with E-state index in [1.807, 2.05) is 50.3 Å². The number of rotatable bonds is 11. The van der Waals surface area contributed by atoms with E-state index in [0.29, 0.717) is 37.2 Å². The largest absolute Gasteiger partial charge is 0.455 e. The Morgan fingerprint density at radius 2 is 1.73 bits per heavy atom. The monoisotopic (exact) mass is 844 g/mol. The molecule has 0 radical (unpaired) electrons. The number of cyclic esters (lactones) is 1. The number of aromatic nitrogens is 3. The summed E-state index contributed by atoms with van der Waals surface area (Å²) in [5.74, 6) is -5.85. The van der Waals surface area contributed by atoms with Crippen LogP contribution in [0.2, 0.25) is 0 Å². The molecule has 0 spiro atoms. The molecule has 1 aromatic carbocycles. The number of ether oxygens (including phenoxy) is 5. The van der Waals surface area contributed by atoms with Crippen molar-refractivity contribution in [1.29, 1.82) is 0 Å². The second-order valence-corrected chi connectivity index (χ2v) is 17.8. The van der Waals surface area contributed by atoms with Gasteiger partial charge in [0, 0.05) is 55.2 Å². The molecule has 0 saturated carbocycles. The second kappa shape index (κ2) is 18.5. The van der Waals surface area contributed by atoms with E-state index in [0.717, 1.165) is 12.5 Å². The Hall–Kier alpha value is -4.03. The number of nitrogens with zero attached hydrogens (tertiary/aromatic N) is 5. The van der Waals surface area contributed by atoms with Crippen molar-refractivity contribution in [2.45, 2.75) is 154 Å². The summed E-state index contributed by atoms with van der Waals surface area (Å²) in [6, 6.07) is 6.02. The standard InChI is InChI=1S/C43H65FN6O10/c1-12-32-43(8)35(50(40(55)60-43)19-14-13-18-49-23-30(46-47-49)28-16-15-17-29(45)21-28)26(4)33(51)24(2)22-41(6,56-11)37(27(5)36(53)42(7,44)39(54)58-32)59-38-34(52)31(48(9)10)20-25(3)57-38/h15-17,21,23-27,31-32,34-35,37-38,52H,12-14,18-20,22,45H2,1-11H3/t24-,25-,26?,27+,31+,32-,34-,35?,37-,38+,41+,42+,43-/m1/s1. The maximum atomic E-state index is 16.9. The number of likely N-dealkylation sites (N-methyl/N-ethyl adjacent to an activating group) is 1. The van der Waals surface area contributed by atoms with Crippen molar-refractivity contribution >= 4 is 29.3 Å². The molecule has 4 heterocycles. The Morgan fingerprint density at radius 3 is 2.37 bits per heavy atom. The molecule has 1 amide bonds. The molecule has 0 bridgehead atoms. The number of aryl methyl sites for hydroxylation is 1. The van der Waals surface area contributed by atoms with E-state index in [-0.39, 0.29) is 37.3 Å². The van der Waals surface area contributed by atoms with Crippen molar-refractivity contribution in [3.63, 3.8) is 0 Å². The van der Waals surface area contributed by atoms with Crippen LogP contribution in [0.3, 0.4) is 0 Å². The SMILES string of the molecule is CC[C@H]1OC(=O)[C@@](C)(F)C(=O)[C@H](C)[C@@H](O[C@@H]2O[C@H](C)C[C@H](N(C)C)[C@H]2O)[C@@](C)(OC)C[C@@H](C)C(=O)C(C)C2N(CCCCn3cc(-c4cccc(N)c4)nn3)C(=O)O[C@@]21C. The predicted octanol–water partition coefficient (Wildman–Crippen LogP) is 4.60. The number of hydrogen-bond acceptors (Lipinski definition) is 14. The number of carbonyl (C=O) groups is 4. The molecular weight excluding hydrogens is 780 g/mol. The molecule has 5 rings (SSSR count). The number of nitrogens with two attached hydrogens (primary N) is 1. The van der Waals surface area contributed by atoms with Crippen LogP contribution in [-0.4, -0.2) is 141 Å². The smallest absolute Gasteiger partial charge is 0.410 e. The molecule has 2 aromatic rings. The number of aliphatic hydroxyl groups is 1. The molecule has 0 aliphatic carbocycles. The zero-order chi connectivity index (χ0) is 44.5. The number of methoxy groups -OCH3 is 1. The molecule has 1 aromatic heterocycles. The third-order valence-electron chi connectivity index (χ3n) is 12.9. The summed E-state index contributed by atoms with van der Waals surface area (Å²) in [7, 11) is 5.04. The third kappa shape index (κ3) is 9.39. The first kappa shape index (κ1) is 47.0. The molecule has 3 aliphatic rings. The Bertz CT molecular complexity index is 1860. The van der Waals surface area contributed by atoms with Crippen molar-refractivity contribution in [2.24, 2.45) is 17.8 Å². The van der Waals surface area contributed by atoms with Crippen LogP contribution < -0.4 is 5.73 Å². The summed E-state index contributed by atoms with van der Waals surface area (Å²) in [5.41, 5.74) is 1.80. The van der Waals surface area contributed by atoms with Crippen LogP contribution in [0.5, 0.6) is 0 Å². The number of fused-ring (bicyclic) bond motifs is 1. The Kier molecular flexibility index (Phi) is 14.5. The maximum Gasteiger partial charge on any atom is 0.410 e. The highest BCUT2D eigenvalue weighted by atomic mass is 19.1. The van der Waals surface area contributed by atoms with Crippen molar-refractivity contribution in [1.82, 2.24) is 24.8 Å². The van der Waals surface area contributed by atoms with Gasteiger partial charge in [0.15, 0.2) is 17.7 Å². The fourth-order valence-corrected chi connectivity index (χ4v) is 9.51. The first-order chi connectivity index (χ1) is 28.1. The number of unbranched alkanes of at least 4 members (excludes halogenated alkanes) is 1. The van der Waals surface area contributed by atoms with Gasteiger partial charge in [-0.2, -0.15) is 0 Å². The number of carbonyl (C=O) groups excluding carboxylic acids is 4. The minimum atomic E-state index is -3.19. The van der Waals surface area contributed by atoms with E-state index in [2.05, 4.69) is 10.3 Å². The lowest BCUT2D eigenvalue weighted by atomic mass is 9.73. The summed E-state index contributed by atoms with van der Waals surface area (Å²) in [6.07, 6.45) is -2.57. The quantitative estimate of drug-likeness (QED) is 0.138. The Morgan fingerprint density at radius 1 is 1.05 bits per heavy atom. The van der Waals surface area contributed by atoms with Crippen LogP contribution >= 0.6 is 0 Å². The lowest BCUT2D eigenvalue weighted by Gasteiger charge is -2.47. The van der Waals surface area contributed by atoms with Crippen molar-refractivity contribution < 1.29 is 52.4 Å². The minimum Gasteiger partial charge on any atom is -0.455 e. The van der Waals surface area contributed by atoms with E-state index >= 15 is 4.39 Å². The van der Waals surface area contributed by atoms with Crippen LogP contribution in [0.25, 0.3) is 11.3 Å². The second-order valence-electron chi connectivity index (χ2n) is 17.8. The predicted molar refractivity (Wildman–Crippen MR) is 219 cm³/mol. The number of anilines is 1. The number of amides is 1. The van der Waals surface area contributed by atoms with Crippen LogP contribution in [0, 0.1) is 17.8 Å². The highest BCUT2D eigenvalue weighted by Gasteiger charge is 2.61. The zero-order valence-corrected chi connectivity index (χ0v) is 36.9. The van der Waals surface area contributed by atoms with Crippen LogP contribution in [0.4, 0.5) is 14.9 Å². The molecule has 334 valence electrons. The number of halogens is 1. The number of ketones is 2. The third-order valence-corrected chi connectivity index (χ3v) is 12.9. The molecule has 17 heteroatoms. The molecule has 3 aliphatic heterocycles. The lowest BCUT2D eigenvalue weighted by Crippen LogP contribution is -2.61. The van der Waals surface area contributed by atoms with Gasteiger partial charge in [0.25, 0.3) is 5.67 Å². The first-order valence-corrected chi connectivity index (χ1v) is 21.0. The van der Waals surface area contributed by atoms with Crippen molar-refractivity contribution in [3.8, 4) is 11.3 Å². The number of hydrogen-bond donors (Lipinski definition) is 2.